The number of alkyl halides is 4. The summed E-state index contributed by atoms with van der Waals surface area (Å²) in [5.74, 6) is 0. The molecule has 0 nitrogen and oxygen atoms in total. The zero-order valence-corrected chi connectivity index (χ0v) is 7.45. The third-order valence-electron chi connectivity index (χ3n) is 2.20. The van der Waals surface area contributed by atoms with Crippen molar-refractivity contribution in [2.75, 3.05) is 0 Å². The van der Waals surface area contributed by atoms with Crippen LogP contribution in [0.5, 0.6) is 0 Å². The molecule has 0 amide bonds. The Morgan fingerprint density at radius 3 is 1.00 bits per heavy atom. The van der Waals surface area contributed by atoms with Gasteiger partial charge >= 0.3 is 0 Å². The van der Waals surface area contributed by atoms with Gasteiger partial charge in [-0.3, -0.25) is 0 Å². The highest BCUT2D eigenvalue weighted by Gasteiger charge is 2.87. The fraction of sp³-hybridized carbons (Fsp3) is 1.00. The Morgan fingerprint density at radius 2 is 1.00 bits per heavy atom. The van der Waals surface area contributed by atoms with Crippen molar-refractivity contribution in [1.29, 1.82) is 0 Å². The number of halogens is 4. The van der Waals surface area contributed by atoms with E-state index in [0.29, 0.717) is 0 Å². The molecule has 0 N–H and O–H groups in total. The second-order valence-electron chi connectivity index (χ2n) is 2.84. The van der Waals surface area contributed by atoms with E-state index in [1.165, 1.54) is 0 Å². The number of rotatable bonds is 0. The summed E-state index contributed by atoms with van der Waals surface area (Å²) in [7, 11) is 0. The second-order valence-corrected chi connectivity index (χ2v) is 5.81. The highest BCUT2D eigenvalue weighted by Crippen LogP contribution is 2.86. The Kier molecular flexibility index (Phi) is 1.04. The van der Waals surface area contributed by atoms with Crippen LogP contribution >= 0.6 is 46.4 Å². The van der Waals surface area contributed by atoms with E-state index in [1.54, 1.807) is 0 Å². The van der Waals surface area contributed by atoms with E-state index in [1.807, 2.05) is 0 Å². The Balaban J connectivity index is 2.22. The van der Waals surface area contributed by atoms with Gasteiger partial charge < -0.3 is 0 Å². The quantitative estimate of drug-likeness (QED) is 0.534. The van der Waals surface area contributed by atoms with Crippen molar-refractivity contribution < 1.29 is 0 Å². The Labute approximate surface area is 73.4 Å². The highest BCUT2D eigenvalue weighted by atomic mass is 35.5. The van der Waals surface area contributed by atoms with Gasteiger partial charge in [0.15, 0.2) is 0 Å². The summed E-state index contributed by atoms with van der Waals surface area (Å²) >= 11 is 23.1. The summed E-state index contributed by atoms with van der Waals surface area (Å²) in [5, 5.41) is 0. The molecular weight excluding hydrogens is 202 g/mol. The largest absolute Gasteiger partial charge is 0.127 e. The van der Waals surface area contributed by atoms with Crippen LogP contribution in [-0.2, 0) is 0 Å². The molecule has 0 aliphatic heterocycles. The average Bonchev–Trinajstić information content (AvgIpc) is 2.20. The van der Waals surface area contributed by atoms with Crippen molar-refractivity contribution in [3.63, 3.8) is 0 Å². The maximum Gasteiger partial charge on any atom is 0.127 e. The molecule has 0 aromatic heterocycles. The van der Waals surface area contributed by atoms with Gasteiger partial charge in [0.05, 0.1) is 0 Å². The van der Waals surface area contributed by atoms with E-state index in [-0.39, 0.29) is 5.41 Å². The third-order valence-corrected chi connectivity index (χ3v) is 4.18. The lowest BCUT2D eigenvalue weighted by Gasteiger charge is -1.95. The molecule has 1 spiro atoms. The molecule has 2 aliphatic rings. The lowest BCUT2D eigenvalue weighted by Crippen LogP contribution is -1.97. The fourth-order valence-electron chi connectivity index (χ4n) is 1.26. The Morgan fingerprint density at radius 1 is 0.778 bits per heavy atom. The fourth-order valence-corrected chi connectivity index (χ4v) is 3.28. The lowest BCUT2D eigenvalue weighted by atomic mass is 10.4. The number of hydrogen-bond acceptors (Lipinski definition) is 0. The van der Waals surface area contributed by atoms with Gasteiger partial charge in [-0.2, -0.15) is 0 Å². The summed E-state index contributed by atoms with van der Waals surface area (Å²) in [6.07, 6.45) is 1.49. The molecule has 0 aromatic rings. The molecule has 9 heavy (non-hydrogen) atoms. The van der Waals surface area contributed by atoms with Crippen molar-refractivity contribution in [1.82, 2.24) is 0 Å². The first-order chi connectivity index (χ1) is 3.91. The molecule has 0 heterocycles. The standard InChI is InChI=1S/C5H4Cl4/c6-4(7)1-3(4)2-5(3,8)9/h1-2H2. The summed E-state index contributed by atoms with van der Waals surface area (Å²) in [6.45, 7) is 0. The number of hydrogen-bond donors (Lipinski definition) is 0. The predicted octanol–water partition coefficient (Wildman–Crippen LogP) is 3.13. The molecule has 0 atom stereocenters. The van der Waals surface area contributed by atoms with Crippen molar-refractivity contribution in [2.45, 2.75) is 21.5 Å². The summed E-state index contributed by atoms with van der Waals surface area (Å²) < 4.78 is -1.26. The van der Waals surface area contributed by atoms with Crippen molar-refractivity contribution in [2.24, 2.45) is 5.41 Å². The van der Waals surface area contributed by atoms with Crippen LogP contribution in [0.1, 0.15) is 12.8 Å². The molecule has 2 saturated carbocycles. The van der Waals surface area contributed by atoms with E-state index in [9.17, 15) is 0 Å². The maximum atomic E-state index is 5.78. The van der Waals surface area contributed by atoms with Gasteiger partial charge in [0.2, 0.25) is 0 Å². The van der Waals surface area contributed by atoms with Crippen LogP contribution in [0, 0.1) is 5.41 Å². The summed E-state index contributed by atoms with van der Waals surface area (Å²) in [4.78, 5) is 0. The molecule has 0 radical (unpaired) electrons. The smallest absolute Gasteiger partial charge is 0.101 e. The van der Waals surface area contributed by atoms with Gasteiger partial charge in [0.25, 0.3) is 0 Å². The van der Waals surface area contributed by atoms with Crippen LogP contribution in [0.2, 0.25) is 0 Å². The van der Waals surface area contributed by atoms with Gasteiger partial charge in [0, 0.05) is 5.41 Å². The Bertz CT molecular complexity index is 152. The molecule has 2 aliphatic carbocycles. The molecule has 0 aromatic carbocycles. The minimum atomic E-state index is -0.628. The van der Waals surface area contributed by atoms with Crippen LogP contribution < -0.4 is 0 Å². The van der Waals surface area contributed by atoms with Crippen LogP contribution in [-0.4, -0.2) is 8.67 Å². The lowest BCUT2D eigenvalue weighted by molar-refractivity contribution is 0.861. The molecule has 4 heteroatoms. The first kappa shape index (κ1) is 6.84. The van der Waals surface area contributed by atoms with Crippen molar-refractivity contribution in [3.8, 4) is 0 Å². The van der Waals surface area contributed by atoms with Gasteiger partial charge in [-0.15, -0.1) is 46.4 Å². The van der Waals surface area contributed by atoms with Gasteiger partial charge in [-0.25, -0.2) is 0 Å². The SMILES string of the molecule is ClC1(Cl)CC12CC2(Cl)Cl. The minimum Gasteiger partial charge on any atom is -0.101 e. The maximum absolute atomic E-state index is 5.78. The molecule has 2 fully saturated rings. The van der Waals surface area contributed by atoms with E-state index in [4.69, 9.17) is 46.4 Å². The molecule has 52 valence electrons. The normalized spacial score (nSPS) is 38.7. The average molecular weight is 206 g/mol. The summed E-state index contributed by atoms with van der Waals surface area (Å²) in [5.41, 5.74) is -0.147. The third kappa shape index (κ3) is 0.637. The van der Waals surface area contributed by atoms with Crippen molar-refractivity contribution in [3.05, 3.63) is 0 Å². The first-order valence-electron chi connectivity index (χ1n) is 2.67. The van der Waals surface area contributed by atoms with Gasteiger partial charge in [-0.1, -0.05) is 0 Å². The van der Waals surface area contributed by atoms with Crippen LogP contribution in [0.15, 0.2) is 0 Å². The zero-order valence-electron chi connectivity index (χ0n) is 4.43. The first-order valence-corrected chi connectivity index (χ1v) is 4.18. The monoisotopic (exact) mass is 204 g/mol. The van der Waals surface area contributed by atoms with Crippen LogP contribution in [0.25, 0.3) is 0 Å². The van der Waals surface area contributed by atoms with E-state index < -0.39 is 8.67 Å². The molecule has 0 bridgehead atoms. The molecular formula is C5H4Cl4. The molecule has 2 rings (SSSR count). The zero-order chi connectivity index (χ0) is 6.91. The van der Waals surface area contributed by atoms with Crippen LogP contribution in [0.3, 0.4) is 0 Å². The minimum absolute atomic E-state index is 0.147. The van der Waals surface area contributed by atoms with E-state index in [0.717, 1.165) is 12.8 Å². The van der Waals surface area contributed by atoms with E-state index >= 15 is 0 Å². The van der Waals surface area contributed by atoms with Crippen molar-refractivity contribution >= 4 is 46.4 Å². The topological polar surface area (TPSA) is 0 Å². The van der Waals surface area contributed by atoms with E-state index in [2.05, 4.69) is 0 Å². The second kappa shape index (κ2) is 1.36. The predicted molar refractivity (Wildman–Crippen MR) is 40.5 cm³/mol. The van der Waals surface area contributed by atoms with Gasteiger partial charge in [-0.05, 0) is 12.8 Å². The Hall–Kier alpha value is 1.16. The van der Waals surface area contributed by atoms with Crippen LogP contribution in [0.4, 0.5) is 0 Å². The summed E-state index contributed by atoms with van der Waals surface area (Å²) in [6, 6.07) is 0. The highest BCUT2D eigenvalue weighted by molar-refractivity contribution is 6.58. The molecule has 0 saturated heterocycles. The van der Waals surface area contributed by atoms with Gasteiger partial charge in [0.1, 0.15) is 8.67 Å². The molecule has 0 unspecified atom stereocenters.